The summed E-state index contributed by atoms with van der Waals surface area (Å²) in [5.74, 6) is 0.251. The number of likely N-dealkylation sites (tertiary alicyclic amines) is 1. The number of carbonyl (C=O) groups excluding carboxylic acids is 1. The SMILES string of the molecule is CC(C)N1CCC2(CC1)N=C(N)NC2=O. The van der Waals surface area contributed by atoms with Gasteiger partial charge in [-0.3, -0.25) is 10.1 Å². The Morgan fingerprint density at radius 1 is 1.47 bits per heavy atom. The zero-order chi connectivity index (χ0) is 11.1. The van der Waals surface area contributed by atoms with Gasteiger partial charge >= 0.3 is 0 Å². The summed E-state index contributed by atoms with van der Waals surface area (Å²) in [5, 5.41) is 2.59. The number of aliphatic imine (C=N–C) groups is 1. The van der Waals surface area contributed by atoms with Crippen molar-refractivity contribution in [1.82, 2.24) is 10.2 Å². The minimum absolute atomic E-state index is 0.0246. The lowest BCUT2D eigenvalue weighted by Crippen LogP contribution is -2.50. The number of hydrogen-bond acceptors (Lipinski definition) is 4. The topological polar surface area (TPSA) is 70.7 Å². The number of hydrogen-bond donors (Lipinski definition) is 2. The van der Waals surface area contributed by atoms with Gasteiger partial charge in [-0.05, 0) is 26.7 Å². The van der Waals surface area contributed by atoms with Crippen LogP contribution in [0.25, 0.3) is 0 Å². The standard InChI is InChI=1S/C10H18N4O/c1-7(2)14-5-3-10(4-6-14)8(15)12-9(11)13-10/h7H,3-6H2,1-2H3,(H3,11,12,13,15). The van der Waals surface area contributed by atoms with Crippen LogP contribution in [0.15, 0.2) is 4.99 Å². The molecule has 2 aliphatic heterocycles. The van der Waals surface area contributed by atoms with E-state index in [1.54, 1.807) is 0 Å². The highest BCUT2D eigenvalue weighted by atomic mass is 16.2. The Labute approximate surface area is 89.7 Å². The van der Waals surface area contributed by atoms with Crippen LogP contribution >= 0.6 is 0 Å². The van der Waals surface area contributed by atoms with Crippen LogP contribution in [-0.2, 0) is 4.79 Å². The monoisotopic (exact) mass is 210 g/mol. The van der Waals surface area contributed by atoms with Gasteiger partial charge in [0.05, 0.1) is 0 Å². The molecule has 2 heterocycles. The molecule has 84 valence electrons. The third-order valence-electron chi connectivity index (χ3n) is 3.35. The number of guanidine groups is 1. The Morgan fingerprint density at radius 2 is 2.07 bits per heavy atom. The molecule has 5 nitrogen and oxygen atoms in total. The third kappa shape index (κ3) is 1.71. The van der Waals surface area contributed by atoms with E-state index in [1.165, 1.54) is 0 Å². The number of nitrogens with two attached hydrogens (primary N) is 1. The van der Waals surface area contributed by atoms with Crippen molar-refractivity contribution in [2.75, 3.05) is 13.1 Å². The second-order valence-electron chi connectivity index (χ2n) is 4.61. The summed E-state index contributed by atoms with van der Waals surface area (Å²) >= 11 is 0. The van der Waals surface area contributed by atoms with Gasteiger partial charge in [0.1, 0.15) is 5.54 Å². The number of nitrogens with one attached hydrogen (secondary N) is 1. The molecule has 1 saturated heterocycles. The van der Waals surface area contributed by atoms with Crippen LogP contribution < -0.4 is 11.1 Å². The molecule has 2 rings (SSSR count). The number of nitrogens with zero attached hydrogens (tertiary/aromatic N) is 2. The fraction of sp³-hybridized carbons (Fsp3) is 0.800. The van der Waals surface area contributed by atoms with Gasteiger partial charge < -0.3 is 10.6 Å². The first-order chi connectivity index (χ1) is 7.03. The lowest BCUT2D eigenvalue weighted by Gasteiger charge is -2.37. The maximum atomic E-state index is 11.7. The van der Waals surface area contributed by atoms with E-state index in [0.29, 0.717) is 6.04 Å². The number of amides is 1. The summed E-state index contributed by atoms with van der Waals surface area (Å²) in [4.78, 5) is 18.3. The van der Waals surface area contributed by atoms with E-state index in [9.17, 15) is 4.79 Å². The van der Waals surface area contributed by atoms with Crippen molar-refractivity contribution in [2.24, 2.45) is 10.7 Å². The van der Waals surface area contributed by atoms with Gasteiger partial charge in [-0.25, -0.2) is 4.99 Å². The molecule has 3 N–H and O–H groups in total. The van der Waals surface area contributed by atoms with E-state index in [-0.39, 0.29) is 11.9 Å². The molecule has 0 unspecified atom stereocenters. The average molecular weight is 210 g/mol. The van der Waals surface area contributed by atoms with Gasteiger partial charge in [-0.15, -0.1) is 0 Å². The first-order valence-corrected chi connectivity index (χ1v) is 5.44. The van der Waals surface area contributed by atoms with Crippen molar-refractivity contribution < 1.29 is 4.79 Å². The second-order valence-corrected chi connectivity index (χ2v) is 4.61. The third-order valence-corrected chi connectivity index (χ3v) is 3.35. The van der Waals surface area contributed by atoms with Crippen LogP contribution in [0.5, 0.6) is 0 Å². The molecule has 0 aromatic heterocycles. The molecule has 15 heavy (non-hydrogen) atoms. The zero-order valence-electron chi connectivity index (χ0n) is 9.29. The quantitative estimate of drug-likeness (QED) is 0.623. The summed E-state index contributed by atoms with van der Waals surface area (Å²) in [6.45, 7) is 6.18. The first-order valence-electron chi connectivity index (χ1n) is 5.44. The first kappa shape index (κ1) is 10.4. The summed E-state index contributed by atoms with van der Waals surface area (Å²) in [7, 11) is 0. The van der Waals surface area contributed by atoms with Crippen LogP contribution in [0.4, 0.5) is 0 Å². The molecule has 2 aliphatic rings. The Hall–Kier alpha value is -1.10. The number of rotatable bonds is 1. The van der Waals surface area contributed by atoms with Crippen LogP contribution in [0, 0.1) is 0 Å². The van der Waals surface area contributed by atoms with Gasteiger partial charge in [-0.2, -0.15) is 0 Å². The fourth-order valence-electron chi connectivity index (χ4n) is 2.29. The van der Waals surface area contributed by atoms with Crippen molar-refractivity contribution >= 4 is 11.9 Å². The molecule has 1 amide bonds. The van der Waals surface area contributed by atoms with E-state index in [1.807, 2.05) is 0 Å². The second kappa shape index (κ2) is 3.48. The minimum Gasteiger partial charge on any atom is -0.370 e. The molecular formula is C10H18N4O. The van der Waals surface area contributed by atoms with Crippen LogP contribution in [0.3, 0.4) is 0 Å². The normalized spacial score (nSPS) is 25.8. The molecule has 0 radical (unpaired) electrons. The zero-order valence-corrected chi connectivity index (χ0v) is 9.29. The molecule has 5 heteroatoms. The summed E-state index contributed by atoms with van der Waals surface area (Å²) in [5.41, 5.74) is 4.97. The average Bonchev–Trinajstić information content (AvgIpc) is 2.42. The Bertz CT molecular complexity index is 303. The molecule has 1 fully saturated rings. The highest BCUT2D eigenvalue weighted by molar-refractivity contribution is 6.06. The van der Waals surface area contributed by atoms with Crippen LogP contribution in [-0.4, -0.2) is 41.4 Å². The molecule has 0 aliphatic carbocycles. The lowest BCUT2D eigenvalue weighted by atomic mass is 9.87. The Balaban J connectivity index is 2.06. The summed E-state index contributed by atoms with van der Waals surface area (Å²) < 4.78 is 0. The summed E-state index contributed by atoms with van der Waals surface area (Å²) in [6.07, 6.45) is 1.55. The summed E-state index contributed by atoms with van der Waals surface area (Å²) in [6, 6.07) is 0.535. The Kier molecular flexibility index (Phi) is 2.42. The Morgan fingerprint density at radius 3 is 2.47 bits per heavy atom. The molecule has 0 bridgehead atoms. The highest BCUT2D eigenvalue weighted by Crippen LogP contribution is 2.29. The maximum Gasteiger partial charge on any atom is 0.254 e. The highest BCUT2D eigenvalue weighted by Gasteiger charge is 2.45. The molecule has 0 aromatic carbocycles. The molecule has 0 saturated carbocycles. The van der Waals surface area contributed by atoms with E-state index < -0.39 is 5.54 Å². The predicted octanol–water partition coefficient (Wildman–Crippen LogP) is -0.326. The van der Waals surface area contributed by atoms with Gasteiger partial charge in [0.15, 0.2) is 5.96 Å². The smallest absolute Gasteiger partial charge is 0.254 e. The molecule has 1 spiro atoms. The van der Waals surface area contributed by atoms with Gasteiger partial charge in [0.2, 0.25) is 0 Å². The van der Waals surface area contributed by atoms with Crippen LogP contribution in [0.2, 0.25) is 0 Å². The fourth-order valence-corrected chi connectivity index (χ4v) is 2.29. The van der Waals surface area contributed by atoms with Gasteiger partial charge in [-0.1, -0.05) is 0 Å². The van der Waals surface area contributed by atoms with Gasteiger partial charge in [0, 0.05) is 19.1 Å². The van der Waals surface area contributed by atoms with E-state index in [2.05, 4.69) is 29.1 Å². The van der Waals surface area contributed by atoms with Crippen molar-refractivity contribution in [3.05, 3.63) is 0 Å². The van der Waals surface area contributed by atoms with Crippen molar-refractivity contribution in [2.45, 2.75) is 38.3 Å². The number of piperidine rings is 1. The van der Waals surface area contributed by atoms with Crippen molar-refractivity contribution in [1.29, 1.82) is 0 Å². The predicted molar refractivity (Wildman–Crippen MR) is 58.4 cm³/mol. The van der Waals surface area contributed by atoms with Crippen LogP contribution in [0.1, 0.15) is 26.7 Å². The van der Waals surface area contributed by atoms with Crippen molar-refractivity contribution in [3.63, 3.8) is 0 Å². The molecular weight excluding hydrogens is 192 g/mol. The largest absolute Gasteiger partial charge is 0.370 e. The number of carbonyl (C=O) groups is 1. The van der Waals surface area contributed by atoms with Crippen molar-refractivity contribution in [3.8, 4) is 0 Å². The van der Waals surface area contributed by atoms with E-state index >= 15 is 0 Å². The van der Waals surface area contributed by atoms with Gasteiger partial charge in [0.25, 0.3) is 5.91 Å². The lowest BCUT2D eigenvalue weighted by molar-refractivity contribution is -0.125. The van der Waals surface area contributed by atoms with E-state index in [0.717, 1.165) is 25.9 Å². The minimum atomic E-state index is -0.560. The molecule has 0 aromatic rings. The molecule has 0 atom stereocenters. The maximum absolute atomic E-state index is 11.7. The van der Waals surface area contributed by atoms with E-state index in [4.69, 9.17) is 5.73 Å².